The molecular weight excluding hydrogens is 749 g/mol. The van der Waals surface area contributed by atoms with Gasteiger partial charge in [0.2, 0.25) is 11.4 Å². The van der Waals surface area contributed by atoms with Crippen LogP contribution in [0.3, 0.4) is 0 Å². The van der Waals surface area contributed by atoms with Gasteiger partial charge < -0.3 is 0 Å². The molecule has 62 heavy (non-hydrogen) atoms. The minimum atomic E-state index is 1.11. The molecule has 0 heterocycles. The summed E-state index contributed by atoms with van der Waals surface area (Å²) in [6.07, 6.45) is 0. The molecule has 0 unspecified atom stereocenters. The van der Waals surface area contributed by atoms with Crippen molar-refractivity contribution in [2.24, 2.45) is 0 Å². The molecule has 0 aliphatic carbocycles. The average Bonchev–Trinajstić information content (AvgIpc) is 3.35. The second-order valence-corrected chi connectivity index (χ2v) is 16.0. The fourth-order valence-electron chi connectivity index (χ4n) is 9.97. The van der Waals surface area contributed by atoms with Gasteiger partial charge in [0.15, 0.2) is 22.7 Å². The Morgan fingerprint density at radius 2 is 0.452 bits per heavy atom. The summed E-state index contributed by atoms with van der Waals surface area (Å²) in [7, 11) is 0. The second kappa shape index (κ2) is 15.0. The summed E-state index contributed by atoms with van der Waals surface area (Å²) < 4.78 is 0. The summed E-state index contributed by atoms with van der Waals surface area (Å²) in [4.78, 5) is 4.97. The van der Waals surface area contributed by atoms with E-state index in [2.05, 4.69) is 252 Å². The zero-order chi connectivity index (χ0) is 41.0. The lowest BCUT2D eigenvalue weighted by Crippen LogP contribution is -2.14. The molecule has 0 fully saturated rings. The number of para-hydroxylation sites is 2. The second-order valence-electron chi connectivity index (χ2n) is 16.0. The highest BCUT2D eigenvalue weighted by Crippen LogP contribution is 2.54. The standard InChI is InChI=1S/C60H40N2/c1-3-25-43(26-4-1)61(55-39-19-23-41-21-7-9-29-45(41)55)59-51-35-15-11-31-47(51)57(48-32-12-16-36-52(48)59)58-49-33-13-17-37-53(49)60(54-38-18-14-34-50(54)58)62(44-27-5-2-6-28-44)56-40-20-24-42-22-8-10-30-46(42)56/h1-40H/q+2. The van der Waals surface area contributed by atoms with E-state index in [9.17, 15) is 0 Å². The van der Waals surface area contributed by atoms with Gasteiger partial charge in [-0.25, -0.2) is 0 Å². The number of fused-ring (bicyclic) bond motifs is 6. The lowest BCUT2D eigenvalue weighted by Gasteiger charge is -2.23. The lowest BCUT2D eigenvalue weighted by molar-refractivity contribution is 0.956. The molecule has 2 heteroatoms. The number of rotatable bonds is 7. The third-order valence-corrected chi connectivity index (χ3v) is 12.5. The van der Waals surface area contributed by atoms with Gasteiger partial charge in [-0.05, 0) is 79.8 Å². The maximum absolute atomic E-state index is 2.48. The minimum absolute atomic E-state index is 1.11. The Hall–Kier alpha value is -7.88. The van der Waals surface area contributed by atoms with Crippen LogP contribution in [0.5, 0.6) is 0 Å². The van der Waals surface area contributed by atoms with Crippen molar-refractivity contribution in [2.45, 2.75) is 0 Å². The van der Waals surface area contributed by atoms with Crippen LogP contribution in [0, 0.1) is 0 Å². The molecule has 0 aliphatic rings. The molecule has 0 saturated heterocycles. The predicted molar refractivity (Wildman–Crippen MR) is 265 cm³/mol. The summed E-state index contributed by atoms with van der Waals surface area (Å²) in [6.45, 7) is 0. The molecule has 0 saturated carbocycles. The first kappa shape index (κ1) is 36.0. The average molecular weight is 789 g/mol. The monoisotopic (exact) mass is 788 g/mol. The van der Waals surface area contributed by atoms with Gasteiger partial charge in [-0.1, -0.05) is 180 Å². The lowest BCUT2D eigenvalue weighted by atomic mass is 9.84. The largest absolute Gasteiger partial charge is 0.208 e. The molecule has 12 aromatic rings. The Bertz CT molecular complexity index is 3280. The van der Waals surface area contributed by atoms with Crippen molar-refractivity contribution >= 4 is 98.8 Å². The maximum atomic E-state index is 2.48. The predicted octanol–water partition coefficient (Wildman–Crippen LogP) is 17.1. The van der Waals surface area contributed by atoms with Gasteiger partial charge in [-0.15, -0.1) is 0 Å². The molecule has 2 nitrogen and oxygen atoms in total. The van der Waals surface area contributed by atoms with Gasteiger partial charge in [0.05, 0.1) is 21.5 Å². The van der Waals surface area contributed by atoms with Gasteiger partial charge in [0, 0.05) is 47.2 Å². The molecule has 12 aromatic carbocycles. The van der Waals surface area contributed by atoms with E-state index in [4.69, 9.17) is 0 Å². The number of hydrogen-bond donors (Lipinski definition) is 0. The molecule has 0 N–H and O–H groups in total. The zero-order valence-electron chi connectivity index (χ0n) is 34.0. The number of anilines is 6. The summed E-state index contributed by atoms with van der Waals surface area (Å²) in [6, 6.07) is 88.6. The van der Waals surface area contributed by atoms with Crippen LogP contribution >= 0.6 is 0 Å². The number of benzene rings is 12. The Balaban J connectivity index is 1.22. The Morgan fingerprint density at radius 3 is 0.790 bits per heavy atom. The van der Waals surface area contributed by atoms with Crippen molar-refractivity contribution in [1.82, 2.24) is 9.80 Å². The normalized spacial score (nSPS) is 11.8. The fraction of sp³-hybridized carbons (Fsp3) is 0. The first-order valence-electron chi connectivity index (χ1n) is 21.4. The Morgan fingerprint density at radius 1 is 0.194 bits per heavy atom. The van der Waals surface area contributed by atoms with Gasteiger partial charge in [0.1, 0.15) is 0 Å². The summed E-state index contributed by atoms with van der Waals surface area (Å²) >= 11 is 0. The van der Waals surface area contributed by atoms with Crippen LogP contribution in [0.25, 0.3) is 75.8 Å². The molecule has 0 bridgehead atoms. The highest BCUT2D eigenvalue weighted by molar-refractivity contribution is 6.30. The van der Waals surface area contributed by atoms with Crippen molar-refractivity contribution in [1.29, 1.82) is 0 Å². The van der Waals surface area contributed by atoms with Gasteiger partial charge in [-0.2, -0.15) is 0 Å². The van der Waals surface area contributed by atoms with E-state index in [-0.39, 0.29) is 0 Å². The van der Waals surface area contributed by atoms with Crippen molar-refractivity contribution in [3.05, 3.63) is 243 Å². The van der Waals surface area contributed by atoms with E-state index in [1.165, 1.54) is 87.1 Å². The fourth-order valence-corrected chi connectivity index (χ4v) is 9.97. The van der Waals surface area contributed by atoms with Crippen LogP contribution in [0.1, 0.15) is 0 Å². The molecule has 0 aromatic heterocycles. The van der Waals surface area contributed by atoms with Crippen LogP contribution in [0.15, 0.2) is 243 Å². The molecule has 0 atom stereocenters. The maximum Gasteiger partial charge on any atom is 0.208 e. The van der Waals surface area contributed by atoms with Crippen LogP contribution in [0.4, 0.5) is 34.1 Å². The van der Waals surface area contributed by atoms with Crippen molar-refractivity contribution in [3.63, 3.8) is 0 Å². The molecular formula is C60H40N2+2. The van der Waals surface area contributed by atoms with E-state index >= 15 is 0 Å². The SMILES string of the molecule is c1ccc([N+](c2cccc3ccccc23)c2c3ccccc3c(-c3c4ccccc4c([N+](c4ccccc4)c4cccc5ccccc45)c4ccccc34)c3ccccc23)cc1. The molecule has 0 spiro atoms. The van der Waals surface area contributed by atoms with Gasteiger partial charge in [-0.3, -0.25) is 0 Å². The first-order chi connectivity index (χ1) is 30.8. The topological polar surface area (TPSA) is 11.8 Å². The van der Waals surface area contributed by atoms with Crippen molar-refractivity contribution < 1.29 is 0 Å². The van der Waals surface area contributed by atoms with E-state index in [1.807, 2.05) is 0 Å². The minimum Gasteiger partial charge on any atom is -0.0618 e. The van der Waals surface area contributed by atoms with Crippen LogP contribution in [0.2, 0.25) is 0 Å². The third kappa shape index (κ3) is 5.73. The van der Waals surface area contributed by atoms with Gasteiger partial charge >= 0.3 is 0 Å². The molecule has 288 valence electrons. The highest BCUT2D eigenvalue weighted by atomic mass is 15.2. The Kier molecular flexibility index (Phi) is 8.71. The van der Waals surface area contributed by atoms with E-state index in [0.29, 0.717) is 0 Å². The molecule has 0 amide bonds. The van der Waals surface area contributed by atoms with Crippen molar-refractivity contribution in [3.8, 4) is 11.1 Å². The molecule has 2 radical (unpaired) electrons. The van der Waals surface area contributed by atoms with Crippen LogP contribution < -0.4 is 9.80 Å². The van der Waals surface area contributed by atoms with E-state index in [1.54, 1.807) is 0 Å². The summed E-state index contributed by atoms with van der Waals surface area (Å²) in [5.74, 6) is 0. The van der Waals surface area contributed by atoms with Gasteiger partial charge in [0.25, 0.3) is 0 Å². The first-order valence-corrected chi connectivity index (χ1v) is 21.4. The third-order valence-electron chi connectivity index (χ3n) is 12.5. The molecule has 0 aliphatic heterocycles. The number of nitrogens with zero attached hydrogens (tertiary/aromatic N) is 2. The number of hydrogen-bond acceptors (Lipinski definition) is 2. The quantitative estimate of drug-likeness (QED) is 0.113. The van der Waals surface area contributed by atoms with E-state index < -0.39 is 0 Å². The van der Waals surface area contributed by atoms with E-state index in [0.717, 1.165) is 22.7 Å². The van der Waals surface area contributed by atoms with Crippen molar-refractivity contribution in [2.75, 3.05) is 0 Å². The summed E-state index contributed by atoms with van der Waals surface area (Å²) in [5, 5.41) is 14.4. The smallest absolute Gasteiger partial charge is 0.0618 e. The molecule has 12 rings (SSSR count). The Labute approximate surface area is 360 Å². The zero-order valence-corrected chi connectivity index (χ0v) is 34.0. The summed E-state index contributed by atoms with van der Waals surface area (Å²) in [5.41, 5.74) is 9.32. The van der Waals surface area contributed by atoms with Crippen LogP contribution in [-0.4, -0.2) is 0 Å². The highest BCUT2D eigenvalue weighted by Gasteiger charge is 2.36. The van der Waals surface area contributed by atoms with Crippen LogP contribution in [-0.2, 0) is 0 Å².